The Balaban J connectivity index is 1.25. The van der Waals surface area contributed by atoms with Crippen LogP contribution >= 0.6 is 0 Å². The Labute approximate surface area is 199 Å². The van der Waals surface area contributed by atoms with Crippen LogP contribution < -0.4 is 10.1 Å². The van der Waals surface area contributed by atoms with Crippen molar-refractivity contribution in [3.63, 3.8) is 0 Å². The van der Waals surface area contributed by atoms with Gasteiger partial charge in [-0.25, -0.2) is 8.42 Å². The van der Waals surface area contributed by atoms with Crippen molar-refractivity contribution < 1.29 is 22.5 Å². The predicted octanol–water partition coefficient (Wildman–Crippen LogP) is 3.88. The monoisotopic (exact) mass is 484 g/mol. The molecule has 1 saturated heterocycles. The molecule has 0 aliphatic carbocycles. The van der Waals surface area contributed by atoms with Gasteiger partial charge >= 0.3 is 0 Å². The third-order valence-corrected chi connectivity index (χ3v) is 7.61. The quantitative estimate of drug-likeness (QED) is 0.490. The molecule has 1 amide bonds. The van der Waals surface area contributed by atoms with Gasteiger partial charge < -0.3 is 14.6 Å². The van der Waals surface area contributed by atoms with Crippen molar-refractivity contribution in [2.24, 2.45) is 0 Å². The zero-order valence-electron chi connectivity index (χ0n) is 19.1. The van der Waals surface area contributed by atoms with E-state index in [0.717, 1.165) is 30.6 Å². The van der Waals surface area contributed by atoms with E-state index in [-0.39, 0.29) is 17.2 Å². The van der Waals surface area contributed by atoms with Gasteiger partial charge in [-0.2, -0.15) is 9.29 Å². The van der Waals surface area contributed by atoms with Crippen molar-refractivity contribution in [3.05, 3.63) is 54.4 Å². The van der Waals surface area contributed by atoms with Gasteiger partial charge in [0.05, 0.1) is 12.0 Å². The summed E-state index contributed by atoms with van der Waals surface area (Å²) in [7, 11) is -1.88. The number of hydrogen-bond acceptors (Lipinski definition) is 7. The largest absolute Gasteiger partial charge is 0.497 e. The second-order valence-corrected chi connectivity index (χ2v) is 10.1. The molecule has 1 N–H and O–H groups in total. The highest BCUT2D eigenvalue weighted by atomic mass is 32.2. The molecular formula is C24H28N4O5S. The Morgan fingerprint density at radius 1 is 1.06 bits per heavy atom. The molecule has 4 rings (SSSR count). The van der Waals surface area contributed by atoms with E-state index in [1.54, 1.807) is 31.4 Å². The zero-order chi connectivity index (χ0) is 24.0. The van der Waals surface area contributed by atoms with Crippen molar-refractivity contribution in [2.75, 3.05) is 25.5 Å². The summed E-state index contributed by atoms with van der Waals surface area (Å²) >= 11 is 0. The lowest BCUT2D eigenvalue weighted by atomic mass is 10.2. The van der Waals surface area contributed by atoms with Gasteiger partial charge in [-0.05, 0) is 67.8 Å². The molecule has 180 valence electrons. The van der Waals surface area contributed by atoms with Crippen LogP contribution in [-0.2, 0) is 21.2 Å². The van der Waals surface area contributed by atoms with Gasteiger partial charge in [-0.3, -0.25) is 4.79 Å². The van der Waals surface area contributed by atoms with E-state index < -0.39 is 10.0 Å². The molecule has 0 saturated carbocycles. The Bertz CT molecular complexity index is 1200. The number of aromatic nitrogens is 2. The molecule has 1 aromatic heterocycles. The molecule has 1 aliphatic rings. The van der Waals surface area contributed by atoms with E-state index in [2.05, 4.69) is 15.5 Å². The summed E-state index contributed by atoms with van der Waals surface area (Å²) in [5, 5.41) is 6.79. The van der Waals surface area contributed by atoms with Crippen LogP contribution in [0.5, 0.6) is 5.75 Å². The number of sulfonamides is 1. The van der Waals surface area contributed by atoms with Crippen molar-refractivity contribution in [2.45, 2.75) is 43.4 Å². The van der Waals surface area contributed by atoms with Gasteiger partial charge in [-0.1, -0.05) is 11.6 Å². The Morgan fingerprint density at radius 3 is 2.44 bits per heavy atom. The first-order valence-corrected chi connectivity index (χ1v) is 12.8. The second-order valence-electron chi connectivity index (χ2n) is 8.13. The SMILES string of the molecule is COc1ccc(-c2noc(CCCC(=O)Nc3ccc(S(=O)(=O)N4CCCCC4)cc3)n2)cc1. The Kier molecular flexibility index (Phi) is 7.59. The minimum atomic E-state index is -3.48. The number of benzene rings is 2. The number of carbonyl (C=O) groups is 1. The lowest BCUT2D eigenvalue weighted by Gasteiger charge is -2.25. The van der Waals surface area contributed by atoms with E-state index in [0.29, 0.717) is 43.3 Å². The van der Waals surface area contributed by atoms with Gasteiger partial charge in [0.2, 0.25) is 27.6 Å². The number of anilines is 1. The van der Waals surface area contributed by atoms with Crippen molar-refractivity contribution in [3.8, 4) is 17.1 Å². The molecule has 1 fully saturated rings. The van der Waals surface area contributed by atoms with Crippen LogP contribution in [0.4, 0.5) is 5.69 Å². The maximum absolute atomic E-state index is 12.7. The number of methoxy groups -OCH3 is 1. The van der Waals surface area contributed by atoms with E-state index >= 15 is 0 Å². The summed E-state index contributed by atoms with van der Waals surface area (Å²) < 4.78 is 37.4. The number of ether oxygens (including phenoxy) is 1. The van der Waals surface area contributed by atoms with Gasteiger partial charge in [0.15, 0.2) is 0 Å². The number of aryl methyl sites for hydroxylation is 1. The van der Waals surface area contributed by atoms with E-state index in [4.69, 9.17) is 9.26 Å². The minimum Gasteiger partial charge on any atom is -0.497 e. The number of hydrogen-bond donors (Lipinski definition) is 1. The zero-order valence-corrected chi connectivity index (χ0v) is 19.9. The molecule has 0 unspecified atom stereocenters. The molecule has 9 nitrogen and oxygen atoms in total. The molecule has 0 bridgehead atoms. The number of rotatable bonds is 9. The molecule has 3 aromatic rings. The summed E-state index contributed by atoms with van der Waals surface area (Å²) in [4.78, 5) is 16.9. The first-order valence-electron chi connectivity index (χ1n) is 11.3. The fourth-order valence-corrected chi connectivity index (χ4v) is 5.32. The van der Waals surface area contributed by atoms with E-state index in [1.807, 2.05) is 24.3 Å². The van der Waals surface area contributed by atoms with Gasteiger partial charge in [0.25, 0.3) is 0 Å². The number of amides is 1. The highest BCUT2D eigenvalue weighted by Gasteiger charge is 2.25. The summed E-state index contributed by atoms with van der Waals surface area (Å²) in [6, 6.07) is 13.7. The Hall–Kier alpha value is -3.24. The van der Waals surface area contributed by atoms with Crippen LogP contribution in [0.3, 0.4) is 0 Å². The van der Waals surface area contributed by atoms with Crippen molar-refractivity contribution in [1.82, 2.24) is 14.4 Å². The fourth-order valence-electron chi connectivity index (χ4n) is 3.80. The van der Waals surface area contributed by atoms with Crippen LogP contribution in [0.1, 0.15) is 38.0 Å². The molecule has 0 atom stereocenters. The molecule has 34 heavy (non-hydrogen) atoms. The maximum atomic E-state index is 12.7. The number of nitrogens with zero attached hydrogens (tertiary/aromatic N) is 3. The molecule has 0 spiro atoms. The molecule has 2 aromatic carbocycles. The molecule has 2 heterocycles. The molecule has 0 radical (unpaired) electrons. The fraction of sp³-hybridized carbons (Fsp3) is 0.375. The topological polar surface area (TPSA) is 115 Å². The standard InChI is InChI=1S/C24H28N4O5S/c1-32-20-12-8-18(9-13-20)24-26-23(33-27-24)7-5-6-22(29)25-19-10-14-21(15-11-19)34(30,31)28-16-3-2-4-17-28/h8-15H,2-7,16-17H2,1H3,(H,25,29). The number of nitrogens with one attached hydrogen (secondary N) is 1. The summed E-state index contributed by atoms with van der Waals surface area (Å²) in [6.45, 7) is 1.12. The summed E-state index contributed by atoms with van der Waals surface area (Å²) in [6.07, 6.45) is 4.13. The number of carbonyl (C=O) groups excluding carboxylic acids is 1. The highest BCUT2D eigenvalue weighted by molar-refractivity contribution is 7.89. The predicted molar refractivity (Wildman–Crippen MR) is 127 cm³/mol. The summed E-state index contributed by atoms with van der Waals surface area (Å²) in [5.41, 5.74) is 1.38. The van der Waals surface area contributed by atoms with Crippen LogP contribution in [0.15, 0.2) is 57.9 Å². The minimum absolute atomic E-state index is 0.165. The van der Waals surface area contributed by atoms with Crippen molar-refractivity contribution >= 4 is 21.6 Å². The van der Waals surface area contributed by atoms with Gasteiger partial charge in [0.1, 0.15) is 5.75 Å². The van der Waals surface area contributed by atoms with Crippen LogP contribution in [-0.4, -0.2) is 49.0 Å². The average Bonchev–Trinajstić information content (AvgIpc) is 3.34. The third-order valence-electron chi connectivity index (χ3n) is 5.70. The van der Waals surface area contributed by atoms with Gasteiger partial charge in [0, 0.05) is 37.2 Å². The number of piperidine rings is 1. The summed E-state index contributed by atoms with van der Waals surface area (Å²) in [5.74, 6) is 1.53. The van der Waals surface area contributed by atoms with Gasteiger partial charge in [-0.15, -0.1) is 0 Å². The maximum Gasteiger partial charge on any atom is 0.243 e. The van der Waals surface area contributed by atoms with Crippen LogP contribution in [0, 0.1) is 0 Å². The van der Waals surface area contributed by atoms with E-state index in [1.165, 1.54) is 4.31 Å². The second kappa shape index (κ2) is 10.8. The molecule has 10 heteroatoms. The molecule has 1 aliphatic heterocycles. The van der Waals surface area contributed by atoms with Crippen LogP contribution in [0.2, 0.25) is 0 Å². The van der Waals surface area contributed by atoms with E-state index in [9.17, 15) is 13.2 Å². The lowest BCUT2D eigenvalue weighted by molar-refractivity contribution is -0.116. The average molecular weight is 485 g/mol. The third kappa shape index (κ3) is 5.81. The lowest BCUT2D eigenvalue weighted by Crippen LogP contribution is -2.35. The first kappa shape index (κ1) is 23.9. The normalized spacial score (nSPS) is 14.6. The highest BCUT2D eigenvalue weighted by Crippen LogP contribution is 2.23. The first-order chi connectivity index (χ1) is 16.5. The Morgan fingerprint density at radius 2 is 1.76 bits per heavy atom. The van der Waals surface area contributed by atoms with Crippen molar-refractivity contribution in [1.29, 1.82) is 0 Å². The smallest absolute Gasteiger partial charge is 0.243 e. The molecular weight excluding hydrogens is 456 g/mol. The van der Waals surface area contributed by atoms with Crippen LogP contribution in [0.25, 0.3) is 11.4 Å².